The molecule has 0 aliphatic rings. The first-order valence-electron chi connectivity index (χ1n) is 19.3. The number of esters is 7. The lowest BCUT2D eigenvalue weighted by Gasteiger charge is -2.05. The molecule has 0 aliphatic carbocycles. The first kappa shape index (κ1) is 50.2. The number of hydrogen-bond donors (Lipinski definition) is 0. The van der Waals surface area contributed by atoms with E-state index in [2.05, 4.69) is 0 Å². The summed E-state index contributed by atoms with van der Waals surface area (Å²) in [5.74, 6) is 0.643. The van der Waals surface area contributed by atoms with Crippen molar-refractivity contribution >= 4 is 69.1 Å². The second kappa shape index (κ2) is 24.9. The van der Waals surface area contributed by atoms with Crippen molar-refractivity contribution in [3.63, 3.8) is 0 Å². The van der Waals surface area contributed by atoms with E-state index in [4.69, 9.17) is 33.2 Å². The van der Waals surface area contributed by atoms with Gasteiger partial charge in [-0.05, 0) is 107 Å². The normalized spacial score (nSPS) is 9.81. The number of ether oxygens (including phenoxy) is 7. The van der Waals surface area contributed by atoms with E-state index in [1.54, 1.807) is 110 Å². The van der Waals surface area contributed by atoms with Gasteiger partial charge in [-0.25, -0.2) is 0 Å². The van der Waals surface area contributed by atoms with E-state index < -0.39 is 11.9 Å². The quantitative estimate of drug-likeness (QED) is 0.0986. The van der Waals surface area contributed by atoms with E-state index in [0.29, 0.717) is 46.7 Å². The molecule has 0 aliphatic heterocycles. The number of ketones is 1. The fourth-order valence-electron chi connectivity index (χ4n) is 5.38. The molecule has 64 heavy (non-hydrogen) atoms. The molecule has 6 rings (SSSR count). The van der Waals surface area contributed by atoms with E-state index in [1.165, 1.54) is 54.5 Å². The summed E-state index contributed by atoms with van der Waals surface area (Å²) < 4.78 is 34.4. The fraction of sp³-hybridized carbons (Fsp3) is 0.184. The maximum Gasteiger partial charge on any atom is 0.308 e. The molecule has 0 radical (unpaired) electrons. The molecule has 0 aromatic heterocycles. The van der Waals surface area contributed by atoms with Gasteiger partial charge >= 0.3 is 41.8 Å². The van der Waals surface area contributed by atoms with Crippen molar-refractivity contribution in [2.45, 2.75) is 61.8 Å². The van der Waals surface area contributed by atoms with Gasteiger partial charge in [-0.1, -0.05) is 42.5 Å². The van der Waals surface area contributed by atoms with E-state index in [0.717, 1.165) is 27.1 Å². The summed E-state index contributed by atoms with van der Waals surface area (Å²) in [6.45, 7) is 10.9. The Labute approximate surface area is 368 Å². The maximum atomic E-state index is 10.9. The SMILES string of the molecule is CC(=O)Cc1ccc(OC(C)=O)cc1.CC(=O)Oc1ccc2cc(OC(C)=O)ccc2c1.CC(=O)Oc1ccc2ccc(OC(C)=O)cc2c1.CC(=O)Oc1cccc(OC(C)=O)c1. The molecule has 6 aromatic carbocycles. The summed E-state index contributed by atoms with van der Waals surface area (Å²) in [7, 11) is 0. The molecule has 0 amide bonds. The van der Waals surface area contributed by atoms with Gasteiger partial charge in [0, 0.05) is 61.0 Å². The largest absolute Gasteiger partial charge is 0.427 e. The van der Waals surface area contributed by atoms with Crippen LogP contribution in [0.25, 0.3) is 21.5 Å². The second-order valence-electron chi connectivity index (χ2n) is 13.5. The fourth-order valence-corrected chi connectivity index (χ4v) is 5.38. The summed E-state index contributed by atoms with van der Waals surface area (Å²) in [5, 5.41) is 3.63. The van der Waals surface area contributed by atoms with Gasteiger partial charge < -0.3 is 33.2 Å². The highest BCUT2D eigenvalue weighted by Crippen LogP contribution is 2.27. The Hall–Kier alpha value is -8.20. The summed E-state index contributed by atoms with van der Waals surface area (Å²) >= 11 is 0. The van der Waals surface area contributed by atoms with Crippen LogP contribution >= 0.6 is 0 Å². The van der Waals surface area contributed by atoms with Gasteiger partial charge in [0.05, 0.1) is 0 Å². The monoisotopic (exact) mass is 874 g/mol. The topological polar surface area (TPSA) is 201 Å². The molecule has 0 saturated carbocycles. The molecule has 0 unspecified atom stereocenters. The third-order valence-electron chi connectivity index (χ3n) is 7.58. The summed E-state index contributed by atoms with van der Waals surface area (Å²) in [5.41, 5.74) is 0.924. The predicted octanol–water partition coefficient (Wildman–Crippen LogP) is 8.66. The Kier molecular flexibility index (Phi) is 19.5. The van der Waals surface area contributed by atoms with Crippen molar-refractivity contribution in [2.24, 2.45) is 0 Å². The number of fused-ring (bicyclic) bond motifs is 2. The highest BCUT2D eigenvalue weighted by molar-refractivity contribution is 5.88. The minimum absolute atomic E-state index is 0.116. The third-order valence-corrected chi connectivity index (χ3v) is 7.58. The maximum absolute atomic E-state index is 10.9. The Morgan fingerprint density at radius 3 is 0.875 bits per heavy atom. The zero-order chi connectivity index (χ0) is 47.3. The Morgan fingerprint density at radius 1 is 0.297 bits per heavy atom. The van der Waals surface area contributed by atoms with Crippen LogP contribution in [-0.2, 0) is 44.8 Å². The van der Waals surface area contributed by atoms with Gasteiger partial charge in [0.2, 0.25) is 0 Å². The molecule has 0 atom stereocenters. The average molecular weight is 875 g/mol. The third kappa shape index (κ3) is 19.5. The molecule has 0 heterocycles. The molecule has 6 aromatic rings. The van der Waals surface area contributed by atoms with Crippen molar-refractivity contribution in [3.8, 4) is 40.2 Å². The van der Waals surface area contributed by atoms with Crippen LogP contribution in [0.5, 0.6) is 40.2 Å². The minimum atomic E-state index is -0.412. The first-order chi connectivity index (χ1) is 30.2. The molecule has 0 saturated heterocycles. The first-order valence-corrected chi connectivity index (χ1v) is 19.3. The van der Waals surface area contributed by atoms with Crippen molar-refractivity contribution in [3.05, 3.63) is 127 Å². The van der Waals surface area contributed by atoms with E-state index in [9.17, 15) is 38.4 Å². The van der Waals surface area contributed by atoms with Crippen LogP contribution in [-0.4, -0.2) is 47.6 Å². The number of carbonyl (C=O) groups is 8. The molecule has 15 nitrogen and oxygen atoms in total. The zero-order valence-corrected chi connectivity index (χ0v) is 36.4. The molecule has 15 heteroatoms. The highest BCUT2D eigenvalue weighted by Gasteiger charge is 2.06. The molecule has 0 N–H and O–H groups in total. The standard InChI is InChI=1S/2C14H12O4.C11H12O3.C10H10O4/c1-9(15)17-13-5-3-12-8-14(18-10(2)16)6-4-11(12)7-13;1-9(15)17-13-5-3-11-4-6-14(18-10(2)16)8-12(11)7-13;1-8(12)7-10-3-5-11(6-4-10)14-9(2)13;1-7(11)13-9-4-3-5-10(6-9)14-8(2)12/h2*3-8H,1-2H3;3-6H,7H2,1-2H3;3-6H,1-2H3. The average Bonchev–Trinajstić information content (AvgIpc) is 3.18. The summed E-state index contributed by atoms with van der Waals surface area (Å²) in [6.07, 6.45) is 0.417. The van der Waals surface area contributed by atoms with Gasteiger partial charge in [0.1, 0.15) is 46.0 Å². The van der Waals surface area contributed by atoms with E-state index >= 15 is 0 Å². The van der Waals surface area contributed by atoms with Gasteiger partial charge in [0.15, 0.2) is 0 Å². The Bertz CT molecular complexity index is 2470. The van der Waals surface area contributed by atoms with Gasteiger partial charge in [0.25, 0.3) is 0 Å². The second-order valence-corrected chi connectivity index (χ2v) is 13.5. The van der Waals surface area contributed by atoms with Crippen LogP contribution in [0.2, 0.25) is 0 Å². The van der Waals surface area contributed by atoms with Gasteiger partial charge in [-0.2, -0.15) is 0 Å². The smallest absolute Gasteiger partial charge is 0.308 e. The molecular weight excluding hydrogens is 829 g/mol. The zero-order valence-electron chi connectivity index (χ0n) is 36.4. The molecular formula is C49H46O15. The van der Waals surface area contributed by atoms with Crippen LogP contribution in [0.3, 0.4) is 0 Å². The van der Waals surface area contributed by atoms with E-state index in [1.807, 2.05) is 12.1 Å². The number of hydrogen-bond acceptors (Lipinski definition) is 15. The Balaban J connectivity index is 0.000000229. The molecule has 0 bridgehead atoms. The lowest BCUT2D eigenvalue weighted by atomic mass is 10.1. The van der Waals surface area contributed by atoms with Crippen molar-refractivity contribution < 1.29 is 71.5 Å². The number of rotatable bonds is 9. The minimum Gasteiger partial charge on any atom is -0.427 e. The number of Topliss-reactive ketones (excluding diaryl/α,β-unsaturated/α-hetero) is 1. The van der Waals surface area contributed by atoms with Crippen LogP contribution in [0.15, 0.2) is 121 Å². The predicted molar refractivity (Wildman–Crippen MR) is 234 cm³/mol. The van der Waals surface area contributed by atoms with E-state index in [-0.39, 0.29) is 35.6 Å². The summed E-state index contributed by atoms with van der Waals surface area (Å²) in [6, 6.07) is 34.3. The van der Waals surface area contributed by atoms with Crippen LogP contribution in [0.4, 0.5) is 0 Å². The van der Waals surface area contributed by atoms with Crippen LogP contribution in [0, 0.1) is 0 Å². The van der Waals surface area contributed by atoms with Crippen molar-refractivity contribution in [2.75, 3.05) is 0 Å². The lowest BCUT2D eigenvalue weighted by molar-refractivity contribution is -0.133. The van der Waals surface area contributed by atoms with Gasteiger partial charge in [-0.3, -0.25) is 38.4 Å². The lowest BCUT2D eigenvalue weighted by Crippen LogP contribution is -2.03. The summed E-state index contributed by atoms with van der Waals surface area (Å²) in [4.78, 5) is 86.1. The van der Waals surface area contributed by atoms with Crippen LogP contribution < -0.4 is 33.2 Å². The molecule has 332 valence electrons. The Morgan fingerprint density at radius 2 is 0.562 bits per heavy atom. The number of carbonyl (C=O) groups excluding carboxylic acids is 8. The van der Waals surface area contributed by atoms with Crippen LogP contribution in [0.1, 0.15) is 61.0 Å². The molecule has 0 fully saturated rings. The van der Waals surface area contributed by atoms with Crippen molar-refractivity contribution in [1.82, 2.24) is 0 Å². The number of benzene rings is 6. The van der Waals surface area contributed by atoms with Gasteiger partial charge in [-0.15, -0.1) is 0 Å². The molecule has 0 spiro atoms. The highest BCUT2D eigenvalue weighted by atomic mass is 16.6. The van der Waals surface area contributed by atoms with Crippen molar-refractivity contribution in [1.29, 1.82) is 0 Å².